The molecule has 0 N–H and O–H groups in total. The highest BCUT2D eigenvalue weighted by molar-refractivity contribution is 5.96. The number of Topliss-reactive ketones (excluding diaryl/α,β-unsaturated/α-hetero) is 1. The van der Waals surface area contributed by atoms with E-state index in [1.54, 1.807) is 0 Å². The molecule has 0 aromatic heterocycles. The van der Waals surface area contributed by atoms with Gasteiger partial charge >= 0.3 is 0 Å². The van der Waals surface area contributed by atoms with E-state index in [9.17, 15) is 4.79 Å². The van der Waals surface area contributed by atoms with Crippen LogP contribution >= 0.6 is 0 Å². The fourth-order valence-corrected chi connectivity index (χ4v) is 3.07. The second-order valence-electron chi connectivity index (χ2n) is 6.26. The Morgan fingerprint density at radius 1 is 0.800 bits per heavy atom. The summed E-state index contributed by atoms with van der Waals surface area (Å²) in [7, 11) is 0. The molecule has 0 aliphatic heterocycles. The van der Waals surface area contributed by atoms with Crippen LogP contribution in [-0.2, 0) is 0 Å². The van der Waals surface area contributed by atoms with Crippen molar-refractivity contribution in [2.75, 3.05) is 0 Å². The van der Waals surface area contributed by atoms with Gasteiger partial charge in [-0.2, -0.15) is 0 Å². The molecule has 1 heteroatoms. The molecule has 124 valence electrons. The first-order valence-electron chi connectivity index (χ1n) is 8.60. The summed E-state index contributed by atoms with van der Waals surface area (Å²) in [5.74, 6) is 0.254. The van der Waals surface area contributed by atoms with E-state index in [0.29, 0.717) is 6.42 Å². The maximum Gasteiger partial charge on any atom is 0.163 e. The number of carbonyl (C=O) groups is 1. The summed E-state index contributed by atoms with van der Waals surface area (Å²) >= 11 is 0. The molecule has 1 atom stereocenters. The van der Waals surface area contributed by atoms with Crippen LogP contribution in [0.15, 0.2) is 96.6 Å². The van der Waals surface area contributed by atoms with Gasteiger partial charge in [0.15, 0.2) is 5.78 Å². The van der Waals surface area contributed by atoms with Gasteiger partial charge in [0.25, 0.3) is 0 Å². The van der Waals surface area contributed by atoms with E-state index in [1.165, 1.54) is 11.1 Å². The predicted octanol–water partition coefficient (Wildman–Crippen LogP) is 6.15. The molecule has 0 fully saturated rings. The SMILES string of the molecule is C/C(=C\c1ccccc1)C(CC(=O)c1ccccc1)c1ccccc1. The van der Waals surface area contributed by atoms with Crippen molar-refractivity contribution in [2.45, 2.75) is 19.3 Å². The van der Waals surface area contributed by atoms with Crippen molar-refractivity contribution in [3.8, 4) is 0 Å². The molecular formula is C24H22O. The number of ketones is 1. The fourth-order valence-electron chi connectivity index (χ4n) is 3.07. The van der Waals surface area contributed by atoms with Gasteiger partial charge in [-0.25, -0.2) is 0 Å². The normalized spacial score (nSPS) is 12.6. The lowest BCUT2D eigenvalue weighted by Gasteiger charge is -2.18. The number of benzene rings is 3. The van der Waals surface area contributed by atoms with E-state index >= 15 is 0 Å². The van der Waals surface area contributed by atoms with Gasteiger partial charge < -0.3 is 0 Å². The Hall–Kier alpha value is -2.93. The van der Waals surface area contributed by atoms with E-state index in [1.807, 2.05) is 66.7 Å². The number of hydrogen-bond donors (Lipinski definition) is 0. The Labute approximate surface area is 149 Å². The van der Waals surface area contributed by atoms with Gasteiger partial charge in [-0.15, -0.1) is 0 Å². The average Bonchev–Trinajstić information content (AvgIpc) is 2.68. The second-order valence-corrected chi connectivity index (χ2v) is 6.26. The minimum Gasteiger partial charge on any atom is -0.294 e. The molecule has 25 heavy (non-hydrogen) atoms. The summed E-state index contributed by atoms with van der Waals surface area (Å²) in [6, 6.07) is 30.1. The molecule has 0 saturated heterocycles. The third-order valence-electron chi connectivity index (χ3n) is 4.43. The molecule has 0 amide bonds. The summed E-state index contributed by atoms with van der Waals surface area (Å²) in [4.78, 5) is 12.8. The monoisotopic (exact) mass is 326 g/mol. The van der Waals surface area contributed by atoms with E-state index < -0.39 is 0 Å². The van der Waals surface area contributed by atoms with Crippen LogP contribution < -0.4 is 0 Å². The number of allylic oxidation sites excluding steroid dienone is 1. The summed E-state index contributed by atoms with van der Waals surface area (Å²) in [5, 5.41) is 0. The number of hydrogen-bond acceptors (Lipinski definition) is 1. The molecular weight excluding hydrogens is 304 g/mol. The molecule has 1 unspecified atom stereocenters. The first kappa shape index (κ1) is 16.9. The Balaban J connectivity index is 1.91. The van der Waals surface area contributed by atoms with Crippen molar-refractivity contribution >= 4 is 11.9 Å². The highest BCUT2D eigenvalue weighted by atomic mass is 16.1. The zero-order valence-corrected chi connectivity index (χ0v) is 14.4. The standard InChI is InChI=1S/C24H22O/c1-19(17-20-11-5-2-6-12-20)23(21-13-7-3-8-14-21)18-24(25)22-15-9-4-10-16-22/h2-17,23H,18H2,1H3/b19-17+. The molecule has 3 aromatic rings. The second kappa shape index (κ2) is 8.25. The highest BCUT2D eigenvalue weighted by Crippen LogP contribution is 2.30. The lowest BCUT2D eigenvalue weighted by molar-refractivity contribution is 0.0977. The first-order chi connectivity index (χ1) is 12.2. The molecule has 3 rings (SSSR count). The van der Waals surface area contributed by atoms with Gasteiger partial charge in [0.2, 0.25) is 0 Å². The van der Waals surface area contributed by atoms with E-state index in [4.69, 9.17) is 0 Å². The lowest BCUT2D eigenvalue weighted by atomic mass is 9.85. The van der Waals surface area contributed by atoms with Gasteiger partial charge in [0, 0.05) is 17.9 Å². The molecule has 0 bridgehead atoms. The minimum absolute atomic E-state index is 0.0779. The van der Waals surface area contributed by atoms with Gasteiger partial charge in [0.1, 0.15) is 0 Å². The van der Waals surface area contributed by atoms with Gasteiger partial charge in [0.05, 0.1) is 0 Å². The van der Waals surface area contributed by atoms with Crippen LogP contribution in [0.4, 0.5) is 0 Å². The molecule has 1 nitrogen and oxygen atoms in total. The van der Waals surface area contributed by atoms with Crippen molar-refractivity contribution in [3.63, 3.8) is 0 Å². The van der Waals surface area contributed by atoms with Crippen LogP contribution in [0.5, 0.6) is 0 Å². The first-order valence-corrected chi connectivity index (χ1v) is 8.60. The van der Waals surface area contributed by atoms with Crippen LogP contribution in [0.2, 0.25) is 0 Å². The van der Waals surface area contributed by atoms with Crippen molar-refractivity contribution in [1.82, 2.24) is 0 Å². The maximum absolute atomic E-state index is 12.8. The summed E-state index contributed by atoms with van der Waals surface area (Å²) in [6.45, 7) is 2.11. The minimum atomic E-state index is 0.0779. The predicted molar refractivity (Wildman–Crippen MR) is 105 cm³/mol. The van der Waals surface area contributed by atoms with Crippen LogP contribution in [0.3, 0.4) is 0 Å². The van der Waals surface area contributed by atoms with Crippen LogP contribution in [0.1, 0.15) is 40.7 Å². The molecule has 3 aromatic carbocycles. The summed E-state index contributed by atoms with van der Waals surface area (Å²) in [5.41, 5.74) is 4.31. The highest BCUT2D eigenvalue weighted by Gasteiger charge is 2.18. The number of carbonyl (C=O) groups excluding carboxylic acids is 1. The van der Waals surface area contributed by atoms with E-state index in [2.05, 4.69) is 37.3 Å². The smallest absolute Gasteiger partial charge is 0.163 e. The Bertz CT molecular complexity index is 833. The molecule has 0 heterocycles. The van der Waals surface area contributed by atoms with Gasteiger partial charge in [-0.1, -0.05) is 103 Å². The van der Waals surface area contributed by atoms with Crippen molar-refractivity contribution in [2.24, 2.45) is 0 Å². The average molecular weight is 326 g/mol. The zero-order valence-electron chi connectivity index (χ0n) is 14.4. The van der Waals surface area contributed by atoms with Crippen molar-refractivity contribution in [3.05, 3.63) is 113 Å². The Morgan fingerprint density at radius 3 is 1.92 bits per heavy atom. The Morgan fingerprint density at radius 2 is 1.32 bits per heavy atom. The molecule has 0 aliphatic carbocycles. The molecule has 0 aliphatic rings. The number of rotatable bonds is 6. The zero-order chi connectivity index (χ0) is 17.5. The summed E-state index contributed by atoms with van der Waals surface area (Å²) in [6.07, 6.45) is 2.65. The molecule has 0 saturated carbocycles. The van der Waals surface area contributed by atoms with Crippen molar-refractivity contribution in [1.29, 1.82) is 0 Å². The largest absolute Gasteiger partial charge is 0.294 e. The van der Waals surface area contributed by atoms with Crippen LogP contribution in [-0.4, -0.2) is 5.78 Å². The molecule has 0 spiro atoms. The van der Waals surface area contributed by atoms with Crippen molar-refractivity contribution < 1.29 is 4.79 Å². The van der Waals surface area contributed by atoms with E-state index in [-0.39, 0.29) is 11.7 Å². The molecule has 0 radical (unpaired) electrons. The maximum atomic E-state index is 12.8. The third-order valence-corrected chi connectivity index (χ3v) is 4.43. The van der Waals surface area contributed by atoms with Gasteiger partial charge in [-0.05, 0) is 18.1 Å². The quantitative estimate of drug-likeness (QED) is 0.497. The topological polar surface area (TPSA) is 17.1 Å². The lowest BCUT2D eigenvalue weighted by Crippen LogP contribution is -2.09. The van der Waals surface area contributed by atoms with Crippen LogP contribution in [0.25, 0.3) is 6.08 Å². The Kier molecular flexibility index (Phi) is 5.58. The van der Waals surface area contributed by atoms with Crippen LogP contribution in [0, 0.1) is 0 Å². The summed E-state index contributed by atoms with van der Waals surface area (Å²) < 4.78 is 0. The van der Waals surface area contributed by atoms with E-state index in [0.717, 1.165) is 11.1 Å². The fraction of sp³-hybridized carbons (Fsp3) is 0.125. The third kappa shape index (κ3) is 4.54. The van der Waals surface area contributed by atoms with Gasteiger partial charge in [-0.3, -0.25) is 4.79 Å².